The van der Waals surface area contributed by atoms with E-state index in [1.165, 1.54) is 0 Å². The van der Waals surface area contributed by atoms with Crippen molar-refractivity contribution in [3.63, 3.8) is 0 Å². The molecule has 27 heavy (non-hydrogen) atoms. The third-order valence-electron chi connectivity index (χ3n) is 4.22. The quantitative estimate of drug-likeness (QED) is 0.653. The molecule has 0 atom stereocenters. The van der Waals surface area contributed by atoms with Gasteiger partial charge in [0.15, 0.2) is 0 Å². The number of benzene rings is 3. The van der Waals surface area contributed by atoms with Crippen molar-refractivity contribution < 1.29 is 14.3 Å². The van der Waals surface area contributed by atoms with E-state index in [-0.39, 0.29) is 5.91 Å². The lowest BCUT2D eigenvalue weighted by atomic mass is 10.1. The van der Waals surface area contributed by atoms with Gasteiger partial charge in [-0.25, -0.2) is 0 Å². The predicted octanol–water partition coefficient (Wildman–Crippen LogP) is 4.25. The Hall–Kier alpha value is -3.27. The summed E-state index contributed by atoms with van der Waals surface area (Å²) in [5, 5.41) is 2.95. The fraction of sp³-hybridized carbons (Fsp3) is 0.174. The number of methoxy groups -OCH3 is 1. The SMILES string of the molecule is COc1ccccc1CCNC(=O)c1cccc(OCc2ccccc2)c1. The Labute approximate surface area is 159 Å². The minimum absolute atomic E-state index is 0.116. The van der Waals surface area contributed by atoms with Gasteiger partial charge in [-0.2, -0.15) is 0 Å². The van der Waals surface area contributed by atoms with Gasteiger partial charge in [-0.05, 0) is 41.8 Å². The molecule has 1 amide bonds. The second-order valence-corrected chi connectivity index (χ2v) is 6.12. The van der Waals surface area contributed by atoms with Crippen LogP contribution in [-0.4, -0.2) is 19.6 Å². The van der Waals surface area contributed by atoms with Gasteiger partial charge in [0, 0.05) is 12.1 Å². The van der Waals surface area contributed by atoms with Gasteiger partial charge >= 0.3 is 0 Å². The smallest absolute Gasteiger partial charge is 0.251 e. The summed E-state index contributed by atoms with van der Waals surface area (Å²) in [5.74, 6) is 1.40. The van der Waals surface area contributed by atoms with Crippen LogP contribution in [0.15, 0.2) is 78.9 Å². The van der Waals surface area contributed by atoms with E-state index in [1.54, 1.807) is 19.2 Å². The summed E-state index contributed by atoms with van der Waals surface area (Å²) in [5.41, 5.74) is 2.74. The van der Waals surface area contributed by atoms with Crippen molar-refractivity contribution in [2.75, 3.05) is 13.7 Å². The zero-order valence-corrected chi connectivity index (χ0v) is 15.4. The summed E-state index contributed by atoms with van der Waals surface area (Å²) in [7, 11) is 1.65. The summed E-state index contributed by atoms with van der Waals surface area (Å²) in [6, 6.07) is 25.0. The third kappa shape index (κ3) is 5.35. The summed E-state index contributed by atoms with van der Waals surface area (Å²) < 4.78 is 11.1. The van der Waals surface area contributed by atoms with E-state index in [0.29, 0.717) is 30.9 Å². The Morgan fingerprint density at radius 2 is 1.70 bits per heavy atom. The number of hydrogen-bond acceptors (Lipinski definition) is 3. The highest BCUT2D eigenvalue weighted by Gasteiger charge is 2.08. The molecule has 138 valence electrons. The van der Waals surface area contributed by atoms with Crippen molar-refractivity contribution in [2.24, 2.45) is 0 Å². The van der Waals surface area contributed by atoms with E-state index in [4.69, 9.17) is 9.47 Å². The van der Waals surface area contributed by atoms with Crippen LogP contribution in [0.2, 0.25) is 0 Å². The van der Waals surface area contributed by atoms with Gasteiger partial charge in [-0.1, -0.05) is 54.6 Å². The van der Waals surface area contributed by atoms with Crippen LogP contribution >= 0.6 is 0 Å². The van der Waals surface area contributed by atoms with Crippen LogP contribution in [0.25, 0.3) is 0 Å². The summed E-state index contributed by atoms with van der Waals surface area (Å²) >= 11 is 0. The van der Waals surface area contributed by atoms with Crippen molar-refractivity contribution in [3.8, 4) is 11.5 Å². The van der Waals surface area contributed by atoms with Crippen LogP contribution in [-0.2, 0) is 13.0 Å². The number of hydrogen-bond donors (Lipinski definition) is 1. The zero-order chi connectivity index (χ0) is 18.9. The van der Waals surface area contributed by atoms with Crippen LogP contribution < -0.4 is 14.8 Å². The minimum atomic E-state index is -0.116. The van der Waals surface area contributed by atoms with E-state index >= 15 is 0 Å². The maximum absolute atomic E-state index is 12.4. The average molecular weight is 361 g/mol. The fourth-order valence-corrected chi connectivity index (χ4v) is 2.79. The highest BCUT2D eigenvalue weighted by atomic mass is 16.5. The molecule has 3 aromatic rings. The molecule has 0 saturated carbocycles. The molecule has 0 aromatic heterocycles. The molecule has 0 saturated heterocycles. The molecule has 0 aliphatic heterocycles. The molecule has 3 aromatic carbocycles. The van der Waals surface area contributed by atoms with Crippen molar-refractivity contribution in [3.05, 3.63) is 95.6 Å². The summed E-state index contributed by atoms with van der Waals surface area (Å²) in [6.07, 6.45) is 0.708. The molecule has 0 radical (unpaired) electrons. The molecule has 0 unspecified atom stereocenters. The zero-order valence-electron chi connectivity index (χ0n) is 15.4. The standard InChI is InChI=1S/C23H23NO3/c1-26-22-13-6-5-10-19(22)14-15-24-23(25)20-11-7-12-21(16-20)27-17-18-8-3-2-4-9-18/h2-13,16H,14-15,17H2,1H3,(H,24,25). The summed E-state index contributed by atoms with van der Waals surface area (Å²) in [4.78, 5) is 12.4. The molecule has 0 aliphatic rings. The predicted molar refractivity (Wildman–Crippen MR) is 106 cm³/mol. The van der Waals surface area contributed by atoms with E-state index in [1.807, 2.05) is 66.7 Å². The first-order valence-corrected chi connectivity index (χ1v) is 8.93. The van der Waals surface area contributed by atoms with Gasteiger partial charge in [0.1, 0.15) is 18.1 Å². The van der Waals surface area contributed by atoms with Gasteiger partial charge in [-0.3, -0.25) is 4.79 Å². The first kappa shape index (κ1) is 18.5. The molecule has 4 nitrogen and oxygen atoms in total. The van der Waals surface area contributed by atoms with Crippen LogP contribution in [0.3, 0.4) is 0 Å². The molecule has 0 spiro atoms. The Morgan fingerprint density at radius 1 is 0.926 bits per heavy atom. The fourth-order valence-electron chi connectivity index (χ4n) is 2.79. The van der Waals surface area contributed by atoms with Gasteiger partial charge in [-0.15, -0.1) is 0 Å². The van der Waals surface area contributed by atoms with Crippen molar-refractivity contribution in [1.29, 1.82) is 0 Å². The maximum atomic E-state index is 12.4. The van der Waals surface area contributed by atoms with E-state index < -0.39 is 0 Å². The van der Waals surface area contributed by atoms with E-state index in [0.717, 1.165) is 16.9 Å². The van der Waals surface area contributed by atoms with Gasteiger partial charge in [0.2, 0.25) is 0 Å². The molecule has 0 fully saturated rings. The number of nitrogens with one attached hydrogen (secondary N) is 1. The van der Waals surface area contributed by atoms with Gasteiger partial charge in [0.05, 0.1) is 7.11 Å². The van der Waals surface area contributed by atoms with E-state index in [9.17, 15) is 4.79 Å². The minimum Gasteiger partial charge on any atom is -0.496 e. The molecule has 0 aliphatic carbocycles. The molecule has 0 heterocycles. The first-order valence-electron chi connectivity index (χ1n) is 8.93. The molecule has 4 heteroatoms. The van der Waals surface area contributed by atoms with Crippen molar-refractivity contribution in [1.82, 2.24) is 5.32 Å². The lowest BCUT2D eigenvalue weighted by molar-refractivity contribution is 0.0953. The summed E-state index contributed by atoms with van der Waals surface area (Å²) in [6.45, 7) is 1.01. The monoisotopic (exact) mass is 361 g/mol. The van der Waals surface area contributed by atoms with Crippen molar-refractivity contribution >= 4 is 5.91 Å². The number of rotatable bonds is 8. The molecule has 3 rings (SSSR count). The van der Waals surface area contributed by atoms with Gasteiger partial charge in [0.25, 0.3) is 5.91 Å². The molecular formula is C23H23NO3. The van der Waals surface area contributed by atoms with Crippen molar-refractivity contribution in [2.45, 2.75) is 13.0 Å². The number of para-hydroxylation sites is 1. The normalized spacial score (nSPS) is 10.3. The lowest BCUT2D eigenvalue weighted by Crippen LogP contribution is -2.25. The molecule has 1 N–H and O–H groups in total. The van der Waals surface area contributed by atoms with Crippen LogP contribution in [0, 0.1) is 0 Å². The number of ether oxygens (including phenoxy) is 2. The topological polar surface area (TPSA) is 47.6 Å². The second-order valence-electron chi connectivity index (χ2n) is 6.12. The van der Waals surface area contributed by atoms with Crippen LogP contribution in [0.1, 0.15) is 21.5 Å². The first-order chi connectivity index (χ1) is 13.3. The maximum Gasteiger partial charge on any atom is 0.251 e. The highest BCUT2D eigenvalue weighted by molar-refractivity contribution is 5.94. The second kappa shape index (κ2) is 9.43. The third-order valence-corrected chi connectivity index (χ3v) is 4.22. The number of amides is 1. The lowest BCUT2D eigenvalue weighted by Gasteiger charge is -2.10. The van der Waals surface area contributed by atoms with E-state index in [2.05, 4.69) is 5.32 Å². The van der Waals surface area contributed by atoms with Crippen LogP contribution in [0.5, 0.6) is 11.5 Å². The largest absolute Gasteiger partial charge is 0.496 e. The van der Waals surface area contributed by atoms with Gasteiger partial charge < -0.3 is 14.8 Å². The Morgan fingerprint density at radius 3 is 2.52 bits per heavy atom. The number of carbonyl (C=O) groups is 1. The Bertz CT molecular complexity index is 878. The van der Waals surface area contributed by atoms with Crippen LogP contribution in [0.4, 0.5) is 0 Å². The molecule has 0 bridgehead atoms. The Kier molecular flexibility index (Phi) is 6.47. The molecular weight excluding hydrogens is 338 g/mol. The Balaban J connectivity index is 1.54. The average Bonchev–Trinajstić information content (AvgIpc) is 2.73. The number of carbonyl (C=O) groups excluding carboxylic acids is 1. The highest BCUT2D eigenvalue weighted by Crippen LogP contribution is 2.18.